The van der Waals surface area contributed by atoms with Gasteiger partial charge in [-0.3, -0.25) is 4.79 Å². The molecule has 1 amide bonds. The van der Waals surface area contributed by atoms with Crippen molar-refractivity contribution >= 4 is 11.6 Å². The van der Waals surface area contributed by atoms with E-state index in [-0.39, 0.29) is 5.56 Å². The zero-order chi connectivity index (χ0) is 14.9. The molecule has 1 heterocycles. The van der Waals surface area contributed by atoms with Crippen LogP contribution in [0.25, 0.3) is 0 Å². The second-order valence-corrected chi connectivity index (χ2v) is 4.50. The molecule has 0 aliphatic carbocycles. The molecule has 0 radical (unpaired) electrons. The van der Waals surface area contributed by atoms with Gasteiger partial charge in [-0.05, 0) is 38.1 Å². The first kappa shape index (κ1) is 14.0. The second kappa shape index (κ2) is 5.32. The van der Waals surface area contributed by atoms with Crippen LogP contribution in [0.4, 0.5) is 14.5 Å². The molecule has 106 valence electrons. The number of anilines is 1. The Kier molecular flexibility index (Phi) is 3.74. The number of furan rings is 1. The van der Waals surface area contributed by atoms with E-state index >= 15 is 0 Å². The maximum absolute atomic E-state index is 13.3. The predicted octanol–water partition coefficient (Wildman–Crippen LogP) is 2.94. The largest absolute Gasteiger partial charge is 0.464 e. The first-order valence-electron chi connectivity index (χ1n) is 6.00. The lowest BCUT2D eigenvalue weighted by molar-refractivity contribution is 0.0934. The number of halogens is 2. The third kappa shape index (κ3) is 2.79. The van der Waals surface area contributed by atoms with Gasteiger partial charge in [0.15, 0.2) is 0 Å². The van der Waals surface area contributed by atoms with Gasteiger partial charge in [-0.1, -0.05) is 0 Å². The predicted molar refractivity (Wildman–Crippen MR) is 70.1 cm³/mol. The number of aryl methyl sites for hydroxylation is 1. The summed E-state index contributed by atoms with van der Waals surface area (Å²) in [6.07, 6.45) is 0. The molecule has 4 nitrogen and oxygen atoms in total. The van der Waals surface area contributed by atoms with Crippen molar-refractivity contribution in [2.24, 2.45) is 0 Å². The van der Waals surface area contributed by atoms with Crippen LogP contribution in [0.5, 0.6) is 0 Å². The Hall–Kier alpha value is -2.37. The number of hydrogen-bond acceptors (Lipinski definition) is 3. The topological polar surface area (TPSA) is 68.3 Å². The zero-order valence-electron chi connectivity index (χ0n) is 11.0. The average Bonchev–Trinajstić information content (AvgIpc) is 2.82. The highest BCUT2D eigenvalue weighted by Crippen LogP contribution is 2.19. The molecule has 1 unspecified atom stereocenters. The summed E-state index contributed by atoms with van der Waals surface area (Å²) in [5.74, 6) is -1.25. The Bertz CT molecular complexity index is 629. The van der Waals surface area contributed by atoms with Gasteiger partial charge in [0.05, 0.1) is 6.04 Å². The molecule has 20 heavy (non-hydrogen) atoms. The maximum atomic E-state index is 13.3. The average molecular weight is 280 g/mol. The van der Waals surface area contributed by atoms with Crippen LogP contribution in [0.15, 0.2) is 28.7 Å². The summed E-state index contributed by atoms with van der Waals surface area (Å²) in [6, 6.07) is 4.87. The molecule has 2 rings (SSSR count). The number of carbonyl (C=O) groups excluding carboxylic acids is 1. The minimum Gasteiger partial charge on any atom is -0.464 e. The van der Waals surface area contributed by atoms with Crippen LogP contribution in [0, 0.1) is 18.6 Å². The molecule has 0 fully saturated rings. The van der Waals surface area contributed by atoms with Crippen molar-refractivity contribution in [1.82, 2.24) is 5.32 Å². The molecule has 0 aliphatic rings. The van der Waals surface area contributed by atoms with Crippen molar-refractivity contribution in [3.63, 3.8) is 0 Å². The summed E-state index contributed by atoms with van der Waals surface area (Å²) in [5.41, 5.74) is 4.41. The number of nitrogen functional groups attached to an aromatic ring is 1. The van der Waals surface area contributed by atoms with Crippen LogP contribution in [-0.4, -0.2) is 5.91 Å². The minimum absolute atomic E-state index is 0.135. The number of rotatable bonds is 3. The number of hydrogen-bond donors (Lipinski definition) is 2. The molecule has 0 saturated carbocycles. The summed E-state index contributed by atoms with van der Waals surface area (Å²) < 4.78 is 32.0. The Balaban J connectivity index is 2.16. The smallest absolute Gasteiger partial charge is 0.252 e. The number of nitrogens with one attached hydrogen (secondary N) is 1. The van der Waals surface area contributed by atoms with Gasteiger partial charge in [-0.15, -0.1) is 0 Å². The highest BCUT2D eigenvalue weighted by Gasteiger charge is 2.17. The van der Waals surface area contributed by atoms with Gasteiger partial charge in [0.1, 0.15) is 28.8 Å². The van der Waals surface area contributed by atoms with Crippen molar-refractivity contribution in [2.45, 2.75) is 19.9 Å². The number of carbonyl (C=O) groups is 1. The molecule has 1 aromatic heterocycles. The molecule has 2 aromatic rings. The van der Waals surface area contributed by atoms with E-state index in [1.165, 1.54) is 0 Å². The fourth-order valence-corrected chi connectivity index (χ4v) is 1.75. The maximum Gasteiger partial charge on any atom is 0.252 e. The molecule has 0 bridgehead atoms. The molecular formula is C14H14F2N2O2. The summed E-state index contributed by atoms with van der Waals surface area (Å²) in [7, 11) is 0. The van der Waals surface area contributed by atoms with Crippen LogP contribution in [0.1, 0.15) is 34.8 Å². The molecular weight excluding hydrogens is 266 g/mol. The van der Waals surface area contributed by atoms with Crippen molar-refractivity contribution in [1.29, 1.82) is 0 Å². The molecule has 1 atom stereocenters. The van der Waals surface area contributed by atoms with E-state index < -0.39 is 29.3 Å². The zero-order valence-corrected chi connectivity index (χ0v) is 11.0. The molecule has 0 aliphatic heterocycles. The lowest BCUT2D eigenvalue weighted by atomic mass is 10.1. The Morgan fingerprint density at radius 1 is 1.30 bits per heavy atom. The Morgan fingerprint density at radius 3 is 2.40 bits per heavy atom. The van der Waals surface area contributed by atoms with Crippen molar-refractivity contribution in [2.75, 3.05) is 5.73 Å². The fourth-order valence-electron chi connectivity index (χ4n) is 1.75. The van der Waals surface area contributed by atoms with E-state index in [0.29, 0.717) is 11.5 Å². The van der Waals surface area contributed by atoms with E-state index in [1.807, 2.05) is 0 Å². The Labute approximate surface area is 114 Å². The standard InChI is InChI=1S/C14H14F2N2O2/c1-7-3-4-12(20-7)8(2)18-14(19)9-5-10(15)13(17)11(16)6-9/h3-6,8H,17H2,1-2H3,(H,18,19). The lowest BCUT2D eigenvalue weighted by Gasteiger charge is -2.12. The van der Waals surface area contributed by atoms with E-state index in [9.17, 15) is 13.6 Å². The highest BCUT2D eigenvalue weighted by molar-refractivity contribution is 5.94. The molecule has 6 heteroatoms. The summed E-state index contributed by atoms with van der Waals surface area (Å²) in [4.78, 5) is 11.9. The van der Waals surface area contributed by atoms with Gasteiger partial charge in [0.2, 0.25) is 0 Å². The van der Waals surface area contributed by atoms with E-state index in [2.05, 4.69) is 5.32 Å². The van der Waals surface area contributed by atoms with Gasteiger partial charge in [-0.25, -0.2) is 8.78 Å². The summed E-state index contributed by atoms with van der Waals surface area (Å²) in [6.45, 7) is 3.49. The highest BCUT2D eigenvalue weighted by atomic mass is 19.1. The SMILES string of the molecule is Cc1ccc(C(C)NC(=O)c2cc(F)c(N)c(F)c2)o1. The first-order valence-corrected chi connectivity index (χ1v) is 6.00. The van der Waals surface area contributed by atoms with Gasteiger partial charge in [0, 0.05) is 5.56 Å². The van der Waals surface area contributed by atoms with Crippen LogP contribution < -0.4 is 11.1 Å². The normalized spacial score (nSPS) is 12.2. The van der Waals surface area contributed by atoms with E-state index in [4.69, 9.17) is 10.2 Å². The summed E-state index contributed by atoms with van der Waals surface area (Å²) >= 11 is 0. The van der Waals surface area contributed by atoms with Crippen molar-refractivity contribution in [3.05, 3.63) is 53.0 Å². The number of nitrogens with two attached hydrogens (primary N) is 1. The van der Waals surface area contributed by atoms with Gasteiger partial charge in [0.25, 0.3) is 5.91 Å². The lowest BCUT2D eigenvalue weighted by Crippen LogP contribution is -2.26. The molecule has 0 spiro atoms. The quantitative estimate of drug-likeness (QED) is 0.849. The monoisotopic (exact) mass is 280 g/mol. The molecule has 0 saturated heterocycles. The minimum atomic E-state index is -0.961. The number of amides is 1. The second-order valence-electron chi connectivity index (χ2n) is 4.50. The van der Waals surface area contributed by atoms with Crippen molar-refractivity contribution < 1.29 is 18.0 Å². The van der Waals surface area contributed by atoms with Crippen LogP contribution >= 0.6 is 0 Å². The van der Waals surface area contributed by atoms with Crippen LogP contribution in [0.3, 0.4) is 0 Å². The van der Waals surface area contributed by atoms with Gasteiger partial charge in [-0.2, -0.15) is 0 Å². The van der Waals surface area contributed by atoms with Gasteiger partial charge < -0.3 is 15.5 Å². The first-order chi connectivity index (χ1) is 9.38. The molecule has 1 aromatic carbocycles. The van der Waals surface area contributed by atoms with Crippen LogP contribution in [-0.2, 0) is 0 Å². The fraction of sp³-hybridized carbons (Fsp3) is 0.214. The van der Waals surface area contributed by atoms with E-state index in [0.717, 1.165) is 12.1 Å². The van der Waals surface area contributed by atoms with Gasteiger partial charge >= 0.3 is 0 Å². The third-order valence-electron chi connectivity index (χ3n) is 2.88. The van der Waals surface area contributed by atoms with Crippen molar-refractivity contribution in [3.8, 4) is 0 Å². The Morgan fingerprint density at radius 2 is 1.90 bits per heavy atom. The number of benzene rings is 1. The van der Waals surface area contributed by atoms with Crippen LogP contribution in [0.2, 0.25) is 0 Å². The molecule has 3 N–H and O–H groups in total. The third-order valence-corrected chi connectivity index (χ3v) is 2.88. The summed E-state index contributed by atoms with van der Waals surface area (Å²) in [5, 5.41) is 2.59. The van der Waals surface area contributed by atoms with E-state index in [1.54, 1.807) is 26.0 Å².